The molecule has 4 N–H and O–H groups in total. The molecule has 10 heteroatoms. The van der Waals surface area contributed by atoms with Crippen molar-refractivity contribution in [3.63, 3.8) is 0 Å². The van der Waals surface area contributed by atoms with E-state index in [1.54, 1.807) is 0 Å². The van der Waals surface area contributed by atoms with Crippen LogP contribution in [0.4, 0.5) is 0 Å². The van der Waals surface area contributed by atoms with E-state index in [9.17, 15) is 16.8 Å². The lowest BCUT2D eigenvalue weighted by Crippen LogP contribution is -2.24. The number of rotatable bonds is 3. The molecule has 0 bridgehead atoms. The quantitative estimate of drug-likeness (QED) is 0.607. The first-order chi connectivity index (χ1) is 7.15. The van der Waals surface area contributed by atoms with Crippen LogP contribution in [0.3, 0.4) is 0 Å². The van der Waals surface area contributed by atoms with E-state index >= 15 is 0 Å². The standard InChI is InChI=1S/C6H8N2O6S2/c7-15(11,12)5-2-1-3-6(4-5)16(13,14)8(9)10/h1-4,9-10H,(H2,7,11,12). The molecule has 0 aliphatic rings. The molecule has 0 amide bonds. The molecule has 0 aliphatic carbocycles. The monoisotopic (exact) mass is 268 g/mol. The molecule has 0 atom stereocenters. The minimum Gasteiger partial charge on any atom is -0.276 e. The lowest BCUT2D eigenvalue weighted by atomic mass is 10.4. The summed E-state index contributed by atoms with van der Waals surface area (Å²) in [6.07, 6.45) is 0. The Balaban J connectivity index is 3.41. The minimum absolute atomic E-state index is 0.449. The maximum Gasteiger partial charge on any atom is 0.288 e. The molecule has 1 aromatic rings. The van der Waals surface area contributed by atoms with Gasteiger partial charge in [-0.05, 0) is 18.2 Å². The highest BCUT2D eigenvalue weighted by molar-refractivity contribution is 7.89. The van der Waals surface area contributed by atoms with Crippen LogP contribution in [0.5, 0.6) is 0 Å². The molecular weight excluding hydrogens is 260 g/mol. The maximum atomic E-state index is 11.2. The summed E-state index contributed by atoms with van der Waals surface area (Å²) in [5.74, 6) is 0. The molecule has 0 saturated carbocycles. The van der Waals surface area contributed by atoms with Gasteiger partial charge in [0.25, 0.3) is 10.0 Å². The maximum absolute atomic E-state index is 11.2. The second-order valence-corrected chi connectivity index (χ2v) is 6.06. The van der Waals surface area contributed by atoms with Crippen molar-refractivity contribution in [1.82, 2.24) is 4.63 Å². The average Bonchev–Trinajstić information content (AvgIpc) is 2.16. The van der Waals surface area contributed by atoms with Crippen molar-refractivity contribution in [2.24, 2.45) is 5.14 Å². The summed E-state index contributed by atoms with van der Waals surface area (Å²) in [5.41, 5.74) is 0. The van der Waals surface area contributed by atoms with Gasteiger partial charge in [-0.25, -0.2) is 22.0 Å². The van der Waals surface area contributed by atoms with Crippen molar-refractivity contribution in [3.05, 3.63) is 24.3 Å². The van der Waals surface area contributed by atoms with E-state index < -0.39 is 34.5 Å². The second kappa shape index (κ2) is 4.08. The van der Waals surface area contributed by atoms with Gasteiger partial charge >= 0.3 is 0 Å². The normalized spacial score (nSPS) is 13.0. The third kappa shape index (κ3) is 2.55. The third-order valence-electron chi connectivity index (χ3n) is 1.65. The Bertz CT molecular complexity index is 591. The Kier molecular flexibility index (Phi) is 3.33. The van der Waals surface area contributed by atoms with Gasteiger partial charge < -0.3 is 0 Å². The van der Waals surface area contributed by atoms with Crippen molar-refractivity contribution < 1.29 is 27.3 Å². The number of sulfonamides is 2. The molecule has 0 unspecified atom stereocenters. The predicted octanol–water partition coefficient (Wildman–Crippen LogP) is -0.897. The summed E-state index contributed by atoms with van der Waals surface area (Å²) < 4.78 is 43.3. The van der Waals surface area contributed by atoms with Gasteiger partial charge in [0.15, 0.2) is 0 Å². The Morgan fingerprint density at radius 2 is 1.56 bits per heavy atom. The first-order valence-corrected chi connectivity index (χ1v) is 6.70. The molecule has 90 valence electrons. The number of nitrogens with two attached hydrogens (primary N) is 1. The molecule has 1 rings (SSSR count). The Morgan fingerprint density at radius 3 is 2.00 bits per heavy atom. The average molecular weight is 268 g/mol. The van der Waals surface area contributed by atoms with E-state index in [0.717, 1.165) is 18.2 Å². The summed E-state index contributed by atoms with van der Waals surface area (Å²) in [7, 11) is -8.59. The summed E-state index contributed by atoms with van der Waals surface area (Å²) in [4.78, 5) is -1.06. The molecule has 0 spiro atoms. The molecule has 0 aromatic heterocycles. The zero-order valence-electron chi connectivity index (χ0n) is 7.68. The molecule has 0 aliphatic heterocycles. The van der Waals surface area contributed by atoms with E-state index in [0.29, 0.717) is 6.07 Å². The van der Waals surface area contributed by atoms with Crippen LogP contribution in [0.2, 0.25) is 0 Å². The topological polar surface area (TPSA) is 138 Å². The van der Waals surface area contributed by atoms with Gasteiger partial charge in [-0.2, -0.15) is 0 Å². The highest BCUT2D eigenvalue weighted by Gasteiger charge is 2.22. The van der Waals surface area contributed by atoms with Crippen molar-refractivity contribution in [1.29, 1.82) is 0 Å². The van der Waals surface area contributed by atoms with Crippen LogP contribution in [-0.4, -0.2) is 31.9 Å². The van der Waals surface area contributed by atoms with Crippen LogP contribution in [0.25, 0.3) is 0 Å². The number of hydrogen-bond acceptors (Lipinski definition) is 6. The van der Waals surface area contributed by atoms with Crippen LogP contribution in [-0.2, 0) is 20.0 Å². The van der Waals surface area contributed by atoms with E-state index in [4.69, 9.17) is 15.6 Å². The fourth-order valence-electron chi connectivity index (χ4n) is 0.906. The van der Waals surface area contributed by atoms with Gasteiger partial charge in [0.05, 0.1) is 14.4 Å². The number of nitrogens with zero attached hydrogens (tertiary/aromatic N) is 1. The molecule has 0 fully saturated rings. The van der Waals surface area contributed by atoms with Crippen molar-refractivity contribution >= 4 is 20.0 Å². The molecule has 8 nitrogen and oxygen atoms in total. The predicted molar refractivity (Wildman–Crippen MR) is 50.4 cm³/mol. The van der Waals surface area contributed by atoms with Gasteiger partial charge in [-0.15, -0.1) is 0 Å². The molecule has 16 heavy (non-hydrogen) atoms. The Labute approximate surface area is 91.5 Å². The first-order valence-electron chi connectivity index (χ1n) is 3.71. The molecule has 0 heterocycles. The number of primary sulfonamides is 1. The van der Waals surface area contributed by atoms with E-state index in [2.05, 4.69) is 0 Å². The molecule has 1 aromatic carbocycles. The van der Waals surface area contributed by atoms with Gasteiger partial charge in [-0.3, -0.25) is 10.4 Å². The fraction of sp³-hybridized carbons (Fsp3) is 0. The van der Waals surface area contributed by atoms with Gasteiger partial charge in [0, 0.05) is 0 Å². The van der Waals surface area contributed by atoms with Crippen LogP contribution in [0.1, 0.15) is 0 Å². The van der Waals surface area contributed by atoms with Crippen LogP contribution < -0.4 is 5.14 Å². The smallest absolute Gasteiger partial charge is 0.276 e. The largest absolute Gasteiger partial charge is 0.288 e. The minimum atomic E-state index is -4.54. The van der Waals surface area contributed by atoms with Crippen molar-refractivity contribution in [2.45, 2.75) is 9.79 Å². The number of hydrogen-bond donors (Lipinski definition) is 3. The van der Waals surface area contributed by atoms with E-state index in [-0.39, 0.29) is 0 Å². The molecular formula is C6H8N2O6S2. The summed E-state index contributed by atoms with van der Waals surface area (Å²) in [6.45, 7) is 0. The zero-order chi connectivity index (χ0) is 12.6. The highest BCUT2D eigenvalue weighted by Crippen LogP contribution is 2.16. The van der Waals surface area contributed by atoms with Crippen molar-refractivity contribution in [2.75, 3.05) is 0 Å². The Hall–Kier alpha value is -1.04. The van der Waals surface area contributed by atoms with Gasteiger partial charge in [-0.1, -0.05) is 6.07 Å². The fourth-order valence-corrected chi connectivity index (χ4v) is 2.26. The molecule has 0 saturated heterocycles. The SMILES string of the molecule is NS(=O)(=O)c1cccc(S(=O)(=O)N(O)O)c1. The van der Waals surface area contributed by atoms with Gasteiger partial charge in [0.2, 0.25) is 10.0 Å². The lowest BCUT2D eigenvalue weighted by Gasteiger charge is -2.08. The molecule has 0 radical (unpaired) electrons. The van der Waals surface area contributed by atoms with E-state index in [1.807, 2.05) is 0 Å². The van der Waals surface area contributed by atoms with Gasteiger partial charge in [0.1, 0.15) is 0 Å². The zero-order valence-corrected chi connectivity index (χ0v) is 9.31. The lowest BCUT2D eigenvalue weighted by molar-refractivity contribution is -0.226. The number of benzene rings is 1. The third-order valence-corrected chi connectivity index (χ3v) is 3.84. The summed E-state index contributed by atoms with van der Waals surface area (Å²) in [5, 5.41) is 21.7. The highest BCUT2D eigenvalue weighted by atomic mass is 32.2. The second-order valence-electron chi connectivity index (χ2n) is 2.75. The van der Waals surface area contributed by atoms with Crippen LogP contribution in [0.15, 0.2) is 34.1 Å². The summed E-state index contributed by atoms with van der Waals surface area (Å²) in [6, 6.07) is 3.89. The first kappa shape index (κ1) is 13.0. The Morgan fingerprint density at radius 1 is 1.06 bits per heavy atom. The van der Waals surface area contributed by atoms with Crippen LogP contribution >= 0.6 is 0 Å². The van der Waals surface area contributed by atoms with E-state index in [1.165, 1.54) is 0 Å². The van der Waals surface area contributed by atoms with Crippen molar-refractivity contribution in [3.8, 4) is 0 Å². The van der Waals surface area contributed by atoms with Crippen LogP contribution in [0, 0.1) is 0 Å². The summed E-state index contributed by atoms with van der Waals surface area (Å²) >= 11 is 0.